The molecule has 0 rings (SSSR count). The SMILES string of the molecule is O=C(O)C(F)C(F)(F)C(F)(F)C(F)(F)C(F)(F)C(F)(F)C(F)(F)C(F)(F)F. The number of carbonyl (C=O) groups is 1. The Bertz CT molecular complexity index is 575. The first-order valence-electron chi connectivity index (χ1n) is 5.56. The largest absolute Gasteiger partial charge is 0.479 e. The van der Waals surface area contributed by atoms with E-state index in [9.17, 15) is 75.0 Å². The molecule has 27 heavy (non-hydrogen) atoms. The summed E-state index contributed by atoms with van der Waals surface area (Å²) in [5, 5.41) is 7.71. The second kappa shape index (κ2) is 6.18. The molecule has 2 nitrogen and oxygen atoms in total. The van der Waals surface area contributed by atoms with Gasteiger partial charge in [0.05, 0.1) is 0 Å². The monoisotopic (exact) mass is 446 g/mol. The highest BCUT2D eigenvalue weighted by Gasteiger charge is 2.94. The fourth-order valence-electron chi connectivity index (χ4n) is 1.29. The zero-order valence-corrected chi connectivity index (χ0v) is 11.5. The Hall–Kier alpha value is -1.65. The van der Waals surface area contributed by atoms with Crippen LogP contribution in [-0.4, -0.2) is 59.0 Å². The Morgan fingerprint density at radius 3 is 1.07 bits per heavy atom. The zero-order valence-electron chi connectivity index (χ0n) is 11.5. The van der Waals surface area contributed by atoms with E-state index in [2.05, 4.69) is 0 Å². The van der Waals surface area contributed by atoms with Crippen molar-refractivity contribution in [2.75, 3.05) is 0 Å². The standard InChI is InChI=1S/C9H2F16O2/c10-1(2(26)27)3(11,12)4(13,14)5(15,16)6(17,18)7(19,20)8(21,22)9(23,24)25/h1H,(H,26,27). The number of hydrogen-bond acceptors (Lipinski definition) is 1. The topological polar surface area (TPSA) is 37.3 Å². The van der Waals surface area contributed by atoms with Gasteiger partial charge in [-0.2, -0.15) is 65.9 Å². The third-order valence-electron chi connectivity index (χ3n) is 2.89. The van der Waals surface area contributed by atoms with Gasteiger partial charge in [-0.1, -0.05) is 0 Å². The predicted octanol–water partition coefficient (Wildman–Crippen LogP) is 4.78. The predicted molar refractivity (Wildman–Crippen MR) is 48.3 cm³/mol. The van der Waals surface area contributed by atoms with E-state index in [1.807, 2.05) is 0 Å². The molecule has 0 aromatic rings. The molecule has 0 aliphatic heterocycles. The minimum absolute atomic E-state index is 3.70. The summed E-state index contributed by atoms with van der Waals surface area (Å²) in [6.45, 7) is 0. The number of halogens is 16. The number of hydrogen-bond donors (Lipinski definition) is 1. The van der Waals surface area contributed by atoms with E-state index >= 15 is 0 Å². The van der Waals surface area contributed by atoms with Crippen molar-refractivity contribution in [1.29, 1.82) is 0 Å². The van der Waals surface area contributed by atoms with Crippen LogP contribution in [0.15, 0.2) is 0 Å². The highest BCUT2D eigenvalue weighted by Crippen LogP contribution is 2.62. The molecule has 0 saturated carbocycles. The Morgan fingerprint density at radius 2 is 0.815 bits per heavy atom. The van der Waals surface area contributed by atoms with Crippen molar-refractivity contribution in [3.05, 3.63) is 0 Å². The minimum Gasteiger partial charge on any atom is -0.479 e. The molecule has 162 valence electrons. The molecular weight excluding hydrogens is 444 g/mol. The minimum atomic E-state index is -8.58. The van der Waals surface area contributed by atoms with Crippen LogP contribution >= 0.6 is 0 Å². The lowest BCUT2D eigenvalue weighted by Crippen LogP contribution is -2.73. The molecule has 0 amide bonds. The second-order valence-electron chi connectivity index (χ2n) is 4.69. The van der Waals surface area contributed by atoms with E-state index in [0.717, 1.165) is 0 Å². The zero-order chi connectivity index (χ0) is 22.7. The molecule has 18 heteroatoms. The maximum absolute atomic E-state index is 13.0. The van der Waals surface area contributed by atoms with E-state index in [-0.39, 0.29) is 0 Å². The molecule has 0 radical (unpaired) electrons. The molecule has 0 saturated heterocycles. The quantitative estimate of drug-likeness (QED) is 0.572. The van der Waals surface area contributed by atoms with Gasteiger partial charge in [0.2, 0.25) is 0 Å². The Labute approximate surface area is 135 Å². The summed E-state index contributed by atoms with van der Waals surface area (Å²) in [6.07, 6.45) is -13.2. The van der Waals surface area contributed by atoms with Crippen LogP contribution in [-0.2, 0) is 4.79 Å². The van der Waals surface area contributed by atoms with Gasteiger partial charge in [0.1, 0.15) is 0 Å². The van der Waals surface area contributed by atoms with Crippen LogP contribution in [0, 0.1) is 0 Å². The molecule has 1 atom stereocenters. The van der Waals surface area contributed by atoms with Crippen molar-refractivity contribution in [3.8, 4) is 0 Å². The molecule has 0 spiro atoms. The Balaban J connectivity index is 6.60. The van der Waals surface area contributed by atoms with Gasteiger partial charge in [0, 0.05) is 0 Å². The Kier molecular flexibility index (Phi) is 5.80. The van der Waals surface area contributed by atoms with Crippen LogP contribution in [0.3, 0.4) is 0 Å². The Morgan fingerprint density at radius 1 is 0.556 bits per heavy atom. The molecule has 0 fully saturated rings. The molecule has 0 aromatic heterocycles. The van der Waals surface area contributed by atoms with Gasteiger partial charge < -0.3 is 5.11 Å². The van der Waals surface area contributed by atoms with Gasteiger partial charge in [-0.3, -0.25) is 0 Å². The molecule has 0 bridgehead atoms. The fourth-order valence-corrected chi connectivity index (χ4v) is 1.29. The molecule has 0 aromatic carbocycles. The van der Waals surface area contributed by atoms with E-state index in [0.29, 0.717) is 0 Å². The van der Waals surface area contributed by atoms with E-state index in [4.69, 9.17) is 5.11 Å². The molecule has 0 heterocycles. The second-order valence-corrected chi connectivity index (χ2v) is 4.69. The van der Waals surface area contributed by atoms with Gasteiger partial charge in [0.25, 0.3) is 6.17 Å². The van der Waals surface area contributed by atoms with Crippen molar-refractivity contribution >= 4 is 5.97 Å². The summed E-state index contributed by atoms with van der Waals surface area (Å²) in [5.74, 6) is -53.0. The van der Waals surface area contributed by atoms with Crippen molar-refractivity contribution in [3.63, 3.8) is 0 Å². The number of carboxylic acid groups (broad SMARTS) is 1. The lowest BCUT2D eigenvalue weighted by molar-refractivity contribution is -0.454. The maximum Gasteiger partial charge on any atom is 0.460 e. The van der Waals surface area contributed by atoms with Crippen molar-refractivity contribution in [1.82, 2.24) is 0 Å². The average Bonchev–Trinajstić information content (AvgIpc) is 2.43. The number of alkyl halides is 16. The first-order chi connectivity index (χ1) is 11.4. The van der Waals surface area contributed by atoms with Crippen LogP contribution in [0.25, 0.3) is 0 Å². The first kappa shape index (κ1) is 25.3. The summed E-state index contributed by atoms with van der Waals surface area (Å²) in [4.78, 5) is 9.82. The van der Waals surface area contributed by atoms with Gasteiger partial charge in [0.15, 0.2) is 0 Å². The summed E-state index contributed by atoms with van der Waals surface area (Å²) < 4.78 is 201. The van der Waals surface area contributed by atoms with Gasteiger partial charge >= 0.3 is 47.7 Å². The highest BCUT2D eigenvalue weighted by atomic mass is 19.4. The van der Waals surface area contributed by atoms with Crippen molar-refractivity contribution < 1.29 is 80.1 Å². The van der Waals surface area contributed by atoms with Gasteiger partial charge in [-0.05, 0) is 0 Å². The summed E-state index contributed by atoms with van der Waals surface area (Å²) >= 11 is 0. The average molecular weight is 446 g/mol. The van der Waals surface area contributed by atoms with Crippen molar-refractivity contribution in [2.45, 2.75) is 47.9 Å². The first-order valence-corrected chi connectivity index (χ1v) is 5.56. The van der Waals surface area contributed by atoms with Crippen LogP contribution in [0.2, 0.25) is 0 Å². The fraction of sp³-hybridized carbons (Fsp3) is 0.889. The maximum atomic E-state index is 13.0. The third kappa shape index (κ3) is 3.13. The lowest BCUT2D eigenvalue weighted by Gasteiger charge is -2.41. The third-order valence-corrected chi connectivity index (χ3v) is 2.89. The van der Waals surface area contributed by atoms with Gasteiger partial charge in [-0.15, -0.1) is 0 Å². The van der Waals surface area contributed by atoms with Crippen LogP contribution in [0.1, 0.15) is 0 Å². The smallest absolute Gasteiger partial charge is 0.460 e. The normalized spacial score (nSPS) is 17.0. The molecule has 0 aliphatic carbocycles. The number of rotatable bonds is 7. The van der Waals surface area contributed by atoms with E-state index < -0.39 is 53.9 Å². The van der Waals surface area contributed by atoms with E-state index in [1.54, 1.807) is 0 Å². The summed E-state index contributed by atoms with van der Waals surface area (Å²) in [6, 6.07) is 0. The van der Waals surface area contributed by atoms with E-state index in [1.165, 1.54) is 0 Å². The van der Waals surface area contributed by atoms with Crippen LogP contribution < -0.4 is 0 Å². The summed E-state index contributed by atoms with van der Waals surface area (Å²) in [5.41, 5.74) is 0. The number of aliphatic carboxylic acids is 1. The summed E-state index contributed by atoms with van der Waals surface area (Å²) in [7, 11) is 0. The van der Waals surface area contributed by atoms with Crippen LogP contribution in [0.5, 0.6) is 0 Å². The number of carboxylic acids is 1. The van der Waals surface area contributed by atoms with Crippen LogP contribution in [0.4, 0.5) is 70.2 Å². The molecule has 1 N–H and O–H groups in total. The van der Waals surface area contributed by atoms with Gasteiger partial charge in [-0.25, -0.2) is 9.18 Å². The lowest BCUT2D eigenvalue weighted by atomic mass is 9.89. The molecular formula is C9H2F16O2. The highest BCUT2D eigenvalue weighted by molar-refractivity contribution is 5.73. The van der Waals surface area contributed by atoms with Crippen molar-refractivity contribution in [2.24, 2.45) is 0 Å². The molecule has 1 unspecified atom stereocenters. The molecule has 0 aliphatic rings.